The van der Waals surface area contributed by atoms with Gasteiger partial charge in [-0.1, -0.05) is 36.6 Å². The smallest absolute Gasteiger partial charge is 0.335 e. The second-order valence-electron chi connectivity index (χ2n) is 6.40. The van der Waals surface area contributed by atoms with Crippen LogP contribution in [0.2, 0.25) is 0 Å². The molecule has 0 aromatic heterocycles. The number of carbonyl (C=O) groups is 3. The maximum absolute atomic E-state index is 12.4. The molecule has 1 saturated heterocycles. The minimum atomic E-state index is -2.63. The van der Waals surface area contributed by atoms with Gasteiger partial charge in [-0.25, -0.2) is 4.79 Å². The molecule has 8 nitrogen and oxygen atoms in total. The third kappa shape index (κ3) is 3.23. The lowest BCUT2D eigenvalue weighted by atomic mass is 9.68. The van der Waals surface area contributed by atoms with Gasteiger partial charge >= 0.3 is 5.97 Å². The second-order valence-corrected chi connectivity index (χ2v) is 6.40. The molecule has 2 atom stereocenters. The maximum atomic E-state index is 12.4. The molecule has 0 spiro atoms. The lowest BCUT2D eigenvalue weighted by molar-refractivity contribution is -0.157. The predicted molar refractivity (Wildman–Crippen MR) is 99.8 cm³/mol. The SMILES string of the molecule is C#CC(c1ccc(C=NN)cc1)(N1CCCCC1)C(N)(C(=O)O)C(=O)C=O. The van der Waals surface area contributed by atoms with E-state index in [1.807, 2.05) is 0 Å². The molecule has 0 aliphatic carbocycles. The number of nitrogens with zero attached hydrogens (tertiary/aromatic N) is 2. The van der Waals surface area contributed by atoms with Gasteiger partial charge in [-0.15, -0.1) is 6.42 Å². The normalized spacial score (nSPS) is 19.6. The van der Waals surface area contributed by atoms with Gasteiger partial charge in [0.15, 0.2) is 6.29 Å². The summed E-state index contributed by atoms with van der Waals surface area (Å²) in [6.45, 7) is 0.906. The summed E-state index contributed by atoms with van der Waals surface area (Å²) in [7, 11) is 0. The third-order valence-corrected chi connectivity index (χ3v) is 5.00. The van der Waals surface area contributed by atoms with Crippen molar-refractivity contribution in [2.24, 2.45) is 16.7 Å². The highest BCUT2D eigenvalue weighted by Gasteiger charge is 2.62. The molecular weight excluding hydrogens is 348 g/mol. The summed E-state index contributed by atoms with van der Waals surface area (Å²) in [6, 6.07) is 6.42. The monoisotopic (exact) mass is 370 g/mol. The Morgan fingerprint density at radius 1 is 1.22 bits per heavy atom. The Hall–Kier alpha value is -3.02. The van der Waals surface area contributed by atoms with Crippen LogP contribution in [0.3, 0.4) is 0 Å². The number of terminal acetylenes is 1. The number of likely N-dealkylation sites (tertiary alicyclic amines) is 1. The Morgan fingerprint density at radius 2 is 1.81 bits per heavy atom. The van der Waals surface area contributed by atoms with Crippen molar-refractivity contribution in [2.75, 3.05) is 13.1 Å². The third-order valence-electron chi connectivity index (χ3n) is 5.00. The number of Topliss-reactive ketones (excluding diaryl/α,β-unsaturated/α-hetero) is 1. The number of aldehydes is 1. The van der Waals surface area contributed by atoms with Gasteiger partial charge in [-0.05, 0) is 37.1 Å². The first-order valence-electron chi connectivity index (χ1n) is 8.47. The molecule has 1 aromatic carbocycles. The predicted octanol–water partition coefficient (Wildman–Crippen LogP) is -0.156. The van der Waals surface area contributed by atoms with Crippen molar-refractivity contribution in [1.82, 2.24) is 4.90 Å². The van der Waals surface area contributed by atoms with Gasteiger partial charge in [0, 0.05) is 0 Å². The Balaban J connectivity index is 2.77. The van der Waals surface area contributed by atoms with Crippen LogP contribution < -0.4 is 11.6 Å². The fraction of sp³-hybridized carbons (Fsp3) is 0.368. The summed E-state index contributed by atoms with van der Waals surface area (Å²) < 4.78 is 0. The number of hydrogen-bond donors (Lipinski definition) is 3. The minimum absolute atomic E-state index is 0.0837. The van der Waals surface area contributed by atoms with E-state index in [4.69, 9.17) is 18.0 Å². The van der Waals surface area contributed by atoms with E-state index in [0.717, 1.165) is 19.3 Å². The number of rotatable bonds is 7. The van der Waals surface area contributed by atoms with Crippen molar-refractivity contribution in [2.45, 2.75) is 30.3 Å². The summed E-state index contributed by atoms with van der Waals surface area (Å²) in [4.78, 5) is 37.5. The van der Waals surface area contributed by atoms with E-state index in [1.165, 1.54) is 6.21 Å². The number of benzene rings is 1. The molecule has 142 valence electrons. The van der Waals surface area contributed by atoms with Crippen molar-refractivity contribution in [3.63, 3.8) is 0 Å². The van der Waals surface area contributed by atoms with Crippen LogP contribution in [-0.4, -0.2) is 52.9 Å². The van der Waals surface area contributed by atoms with Gasteiger partial charge in [-0.2, -0.15) is 5.10 Å². The maximum Gasteiger partial charge on any atom is 0.335 e. The summed E-state index contributed by atoms with van der Waals surface area (Å²) >= 11 is 0. The van der Waals surface area contributed by atoms with E-state index in [2.05, 4.69) is 11.0 Å². The number of carboxylic acid groups (broad SMARTS) is 1. The summed E-state index contributed by atoms with van der Waals surface area (Å²) in [6.07, 6.45) is 9.65. The molecule has 5 N–H and O–H groups in total. The highest BCUT2D eigenvalue weighted by molar-refractivity contribution is 6.36. The van der Waals surface area contributed by atoms with E-state index < -0.39 is 22.8 Å². The van der Waals surface area contributed by atoms with Crippen molar-refractivity contribution in [3.8, 4) is 12.3 Å². The fourth-order valence-corrected chi connectivity index (χ4v) is 3.61. The van der Waals surface area contributed by atoms with E-state index in [-0.39, 0.29) is 6.29 Å². The average molecular weight is 370 g/mol. The van der Waals surface area contributed by atoms with Crippen LogP contribution in [0.15, 0.2) is 29.4 Å². The minimum Gasteiger partial charge on any atom is -0.479 e. The number of aliphatic carboxylic acids is 1. The molecule has 1 aromatic rings. The molecule has 1 aliphatic heterocycles. The topological polar surface area (TPSA) is 139 Å². The largest absolute Gasteiger partial charge is 0.479 e. The van der Waals surface area contributed by atoms with Crippen molar-refractivity contribution in [3.05, 3.63) is 35.4 Å². The molecule has 0 amide bonds. The zero-order valence-electron chi connectivity index (χ0n) is 14.8. The van der Waals surface area contributed by atoms with Crippen LogP contribution in [-0.2, 0) is 19.9 Å². The number of piperidine rings is 1. The summed E-state index contributed by atoms with van der Waals surface area (Å²) in [5.41, 5.74) is 2.67. The van der Waals surface area contributed by atoms with Gasteiger partial charge in [0.25, 0.3) is 0 Å². The van der Waals surface area contributed by atoms with Gasteiger partial charge in [0.1, 0.15) is 5.54 Å². The second kappa shape index (κ2) is 8.12. The van der Waals surface area contributed by atoms with Crippen LogP contribution in [0, 0.1) is 12.3 Å². The van der Waals surface area contributed by atoms with Gasteiger partial charge in [-0.3, -0.25) is 14.5 Å². The molecule has 8 heteroatoms. The van der Waals surface area contributed by atoms with Gasteiger partial charge in [0.2, 0.25) is 11.3 Å². The molecule has 1 heterocycles. The standard InChI is InChI=1S/C19H22N4O4/c1-2-18(23-10-4-3-5-11-23,19(20,17(26)27)16(25)13-24)15-8-6-14(7-9-15)12-22-21/h1,6-9,12-13H,3-5,10-11,20-21H2,(H,26,27). The number of hydrazone groups is 1. The van der Waals surface area contributed by atoms with Crippen LogP contribution in [0.5, 0.6) is 0 Å². The average Bonchev–Trinajstić information content (AvgIpc) is 2.70. The number of nitrogens with two attached hydrogens (primary N) is 2. The molecule has 2 unspecified atom stereocenters. The van der Waals surface area contributed by atoms with Gasteiger partial charge in [0.05, 0.1) is 6.21 Å². The first-order chi connectivity index (χ1) is 12.9. The number of hydrogen-bond acceptors (Lipinski definition) is 7. The number of carbonyl (C=O) groups excluding carboxylic acids is 2. The van der Waals surface area contributed by atoms with Crippen molar-refractivity contribution in [1.29, 1.82) is 0 Å². The van der Waals surface area contributed by atoms with Crippen LogP contribution in [0.25, 0.3) is 0 Å². The molecule has 0 radical (unpaired) electrons. The highest BCUT2D eigenvalue weighted by Crippen LogP contribution is 2.40. The molecule has 0 bridgehead atoms. The summed E-state index contributed by atoms with van der Waals surface area (Å²) in [5, 5.41) is 13.3. The summed E-state index contributed by atoms with van der Waals surface area (Å²) in [5.74, 6) is 4.67. The first kappa shape index (κ1) is 20.3. The molecular formula is C19H22N4O4. The Kier molecular flexibility index (Phi) is 6.10. The number of carboxylic acids is 1. The van der Waals surface area contributed by atoms with Crippen LogP contribution >= 0.6 is 0 Å². The molecule has 2 rings (SSSR count). The lowest BCUT2D eigenvalue weighted by Crippen LogP contribution is -2.74. The number of ketones is 1. The van der Waals surface area contributed by atoms with E-state index in [0.29, 0.717) is 24.2 Å². The lowest BCUT2D eigenvalue weighted by Gasteiger charge is -2.49. The molecule has 27 heavy (non-hydrogen) atoms. The molecule has 1 aliphatic rings. The van der Waals surface area contributed by atoms with E-state index >= 15 is 0 Å². The van der Waals surface area contributed by atoms with Gasteiger partial charge < -0.3 is 16.7 Å². The molecule has 0 saturated carbocycles. The quantitative estimate of drug-likeness (QED) is 0.115. The Morgan fingerprint density at radius 3 is 2.26 bits per heavy atom. The van der Waals surface area contributed by atoms with Crippen LogP contribution in [0.4, 0.5) is 0 Å². The first-order valence-corrected chi connectivity index (χ1v) is 8.47. The van der Waals surface area contributed by atoms with Crippen LogP contribution in [0.1, 0.15) is 30.4 Å². The fourth-order valence-electron chi connectivity index (χ4n) is 3.61. The zero-order valence-corrected chi connectivity index (χ0v) is 14.8. The Bertz CT molecular complexity index is 793. The van der Waals surface area contributed by atoms with Crippen molar-refractivity contribution >= 4 is 24.3 Å². The van der Waals surface area contributed by atoms with E-state index in [9.17, 15) is 19.5 Å². The van der Waals surface area contributed by atoms with E-state index in [1.54, 1.807) is 29.2 Å². The highest BCUT2D eigenvalue weighted by atomic mass is 16.4. The zero-order chi connectivity index (χ0) is 20.1. The molecule has 1 fully saturated rings. The Labute approximate surface area is 157 Å². The van der Waals surface area contributed by atoms with Crippen molar-refractivity contribution < 1.29 is 19.5 Å².